The average Bonchev–Trinajstić information content (AvgIpc) is 2.53. The number of hydrogen-bond donors (Lipinski definition) is 1. The Morgan fingerprint density at radius 1 is 1.10 bits per heavy atom. The van der Waals surface area contributed by atoms with Crippen LogP contribution >= 0.6 is 0 Å². The molecule has 0 bridgehead atoms. The third kappa shape index (κ3) is 3.47. The smallest absolute Gasteiger partial charge is 0.337 e. The summed E-state index contributed by atoms with van der Waals surface area (Å²) in [6, 6.07) is 16.0. The van der Waals surface area contributed by atoms with Crippen LogP contribution in [0.15, 0.2) is 54.6 Å². The number of aliphatic hydroxyl groups excluding tert-OH is 1. The van der Waals surface area contributed by atoms with E-state index in [0.29, 0.717) is 11.1 Å². The van der Waals surface area contributed by atoms with Crippen LogP contribution in [0.4, 0.5) is 0 Å². The Morgan fingerprint density at radius 2 is 1.75 bits per heavy atom. The molecule has 0 aliphatic rings. The Hall–Kier alpha value is -2.57. The second-order valence-corrected chi connectivity index (χ2v) is 4.15. The minimum atomic E-state index is -0.887. The van der Waals surface area contributed by atoms with Gasteiger partial charge in [0.1, 0.15) is 6.10 Å². The van der Waals surface area contributed by atoms with E-state index in [9.17, 15) is 9.90 Å². The lowest BCUT2D eigenvalue weighted by atomic mass is 10.1. The number of rotatable bonds is 2. The molecule has 2 rings (SSSR count). The first kappa shape index (κ1) is 13.9. The van der Waals surface area contributed by atoms with Crippen molar-refractivity contribution >= 4 is 5.97 Å². The fourth-order valence-electron chi connectivity index (χ4n) is 1.68. The fraction of sp³-hybridized carbons (Fsp3) is 0.118. The van der Waals surface area contributed by atoms with E-state index in [4.69, 9.17) is 0 Å². The Labute approximate surface area is 117 Å². The van der Waals surface area contributed by atoms with Gasteiger partial charge in [0.05, 0.1) is 12.7 Å². The first-order valence-corrected chi connectivity index (χ1v) is 6.13. The van der Waals surface area contributed by atoms with Gasteiger partial charge in [0.25, 0.3) is 0 Å². The molecule has 20 heavy (non-hydrogen) atoms. The van der Waals surface area contributed by atoms with Gasteiger partial charge < -0.3 is 9.84 Å². The topological polar surface area (TPSA) is 46.5 Å². The minimum Gasteiger partial charge on any atom is -0.465 e. The molecule has 0 unspecified atom stereocenters. The number of esters is 1. The third-order valence-electron chi connectivity index (χ3n) is 2.77. The van der Waals surface area contributed by atoms with Crippen LogP contribution in [-0.4, -0.2) is 18.2 Å². The molecule has 2 aromatic carbocycles. The summed E-state index contributed by atoms with van der Waals surface area (Å²) in [5.41, 5.74) is 1.93. The molecule has 1 atom stereocenters. The largest absolute Gasteiger partial charge is 0.465 e. The number of carbonyl (C=O) groups is 1. The van der Waals surface area contributed by atoms with Gasteiger partial charge >= 0.3 is 5.97 Å². The van der Waals surface area contributed by atoms with Gasteiger partial charge in [-0.05, 0) is 29.8 Å². The molecule has 0 aromatic heterocycles. The second-order valence-electron chi connectivity index (χ2n) is 4.15. The van der Waals surface area contributed by atoms with Crippen molar-refractivity contribution in [2.24, 2.45) is 0 Å². The van der Waals surface area contributed by atoms with Crippen LogP contribution < -0.4 is 0 Å². The average molecular weight is 266 g/mol. The summed E-state index contributed by atoms with van der Waals surface area (Å²) < 4.78 is 4.61. The van der Waals surface area contributed by atoms with E-state index >= 15 is 0 Å². The van der Waals surface area contributed by atoms with Crippen molar-refractivity contribution in [1.82, 2.24) is 0 Å². The fourth-order valence-corrected chi connectivity index (χ4v) is 1.68. The van der Waals surface area contributed by atoms with Crippen molar-refractivity contribution in [1.29, 1.82) is 0 Å². The van der Waals surface area contributed by atoms with Crippen LogP contribution in [0, 0.1) is 11.8 Å². The lowest BCUT2D eigenvalue weighted by molar-refractivity contribution is 0.0600. The maximum Gasteiger partial charge on any atom is 0.337 e. The third-order valence-corrected chi connectivity index (χ3v) is 2.77. The minimum absolute atomic E-state index is 0.401. The standard InChI is InChI=1S/C17H14O3/c1-20-17(19)15-10-8-14(9-11-15)16(18)12-7-13-5-3-2-4-6-13/h2-6,8-11,16,18H,1H3/t16-/m0/s1. The molecule has 0 saturated heterocycles. The maximum atomic E-state index is 11.3. The molecule has 0 aliphatic carbocycles. The van der Waals surface area contributed by atoms with Crippen LogP contribution in [0.1, 0.15) is 27.6 Å². The van der Waals surface area contributed by atoms with E-state index in [0.717, 1.165) is 5.56 Å². The summed E-state index contributed by atoms with van der Waals surface area (Å²) in [5.74, 6) is 5.27. The van der Waals surface area contributed by atoms with E-state index < -0.39 is 12.1 Å². The molecule has 3 nitrogen and oxygen atoms in total. The normalized spacial score (nSPS) is 11.1. The van der Waals surface area contributed by atoms with Crippen molar-refractivity contribution < 1.29 is 14.6 Å². The predicted molar refractivity (Wildman–Crippen MR) is 76.1 cm³/mol. The maximum absolute atomic E-state index is 11.3. The number of aliphatic hydroxyl groups is 1. The molecule has 100 valence electrons. The highest BCUT2D eigenvalue weighted by Crippen LogP contribution is 2.13. The number of ether oxygens (including phenoxy) is 1. The summed E-state index contributed by atoms with van der Waals surface area (Å²) >= 11 is 0. The van der Waals surface area contributed by atoms with E-state index in [1.165, 1.54) is 7.11 Å². The highest BCUT2D eigenvalue weighted by molar-refractivity contribution is 5.89. The van der Waals surface area contributed by atoms with Gasteiger partial charge in [-0.2, -0.15) is 0 Å². The van der Waals surface area contributed by atoms with E-state index in [1.54, 1.807) is 24.3 Å². The van der Waals surface area contributed by atoms with Gasteiger partial charge in [0.2, 0.25) is 0 Å². The number of benzene rings is 2. The van der Waals surface area contributed by atoms with Gasteiger partial charge in [-0.25, -0.2) is 4.79 Å². The molecule has 3 heteroatoms. The van der Waals surface area contributed by atoms with E-state index in [-0.39, 0.29) is 0 Å². The van der Waals surface area contributed by atoms with Crippen molar-refractivity contribution in [2.75, 3.05) is 7.11 Å². The summed E-state index contributed by atoms with van der Waals surface area (Å²) in [5, 5.41) is 9.98. The van der Waals surface area contributed by atoms with Gasteiger partial charge in [-0.1, -0.05) is 42.2 Å². The first-order valence-electron chi connectivity index (χ1n) is 6.13. The zero-order chi connectivity index (χ0) is 14.4. The molecule has 0 fully saturated rings. The van der Waals surface area contributed by atoms with Crippen LogP contribution in [0.2, 0.25) is 0 Å². The lowest BCUT2D eigenvalue weighted by Crippen LogP contribution is -2.02. The molecule has 1 N–H and O–H groups in total. The molecule has 0 aliphatic heterocycles. The molecule has 0 heterocycles. The van der Waals surface area contributed by atoms with Gasteiger partial charge in [-0.15, -0.1) is 0 Å². The Balaban J connectivity index is 2.12. The quantitative estimate of drug-likeness (QED) is 0.671. The molecule has 2 aromatic rings. The summed E-state index contributed by atoms with van der Waals surface area (Å²) in [6.07, 6.45) is -0.887. The van der Waals surface area contributed by atoms with E-state index in [1.807, 2.05) is 30.3 Å². The highest BCUT2D eigenvalue weighted by Gasteiger charge is 2.07. The zero-order valence-corrected chi connectivity index (χ0v) is 11.0. The molecule has 0 radical (unpaired) electrons. The van der Waals surface area contributed by atoms with Gasteiger partial charge in [0.15, 0.2) is 0 Å². The summed E-state index contributed by atoms with van der Waals surface area (Å²) in [4.78, 5) is 11.3. The first-order chi connectivity index (χ1) is 9.70. The Kier molecular flexibility index (Phi) is 4.54. The molecule has 0 spiro atoms. The number of carbonyl (C=O) groups excluding carboxylic acids is 1. The number of hydrogen-bond acceptors (Lipinski definition) is 3. The van der Waals surface area contributed by atoms with Crippen molar-refractivity contribution in [3.05, 3.63) is 71.3 Å². The monoisotopic (exact) mass is 266 g/mol. The van der Waals surface area contributed by atoms with Crippen molar-refractivity contribution in [2.45, 2.75) is 6.10 Å². The van der Waals surface area contributed by atoms with Crippen LogP contribution in [0.5, 0.6) is 0 Å². The Morgan fingerprint density at radius 3 is 2.35 bits per heavy atom. The van der Waals surface area contributed by atoms with Crippen molar-refractivity contribution in [3.63, 3.8) is 0 Å². The van der Waals surface area contributed by atoms with Gasteiger partial charge in [-0.3, -0.25) is 0 Å². The zero-order valence-electron chi connectivity index (χ0n) is 11.0. The summed E-state index contributed by atoms with van der Waals surface area (Å²) in [7, 11) is 1.33. The highest BCUT2D eigenvalue weighted by atomic mass is 16.5. The van der Waals surface area contributed by atoms with Gasteiger partial charge in [0, 0.05) is 5.56 Å². The SMILES string of the molecule is COC(=O)c1ccc([C@@H](O)C#Cc2ccccc2)cc1. The molecular weight excluding hydrogens is 252 g/mol. The van der Waals surface area contributed by atoms with Crippen LogP contribution in [0.3, 0.4) is 0 Å². The van der Waals surface area contributed by atoms with Crippen LogP contribution in [0.25, 0.3) is 0 Å². The van der Waals surface area contributed by atoms with E-state index in [2.05, 4.69) is 16.6 Å². The predicted octanol–water partition coefficient (Wildman–Crippen LogP) is 2.56. The van der Waals surface area contributed by atoms with Crippen molar-refractivity contribution in [3.8, 4) is 11.8 Å². The Bertz CT molecular complexity index is 633. The number of methoxy groups -OCH3 is 1. The molecule has 0 saturated carbocycles. The summed E-state index contributed by atoms with van der Waals surface area (Å²) in [6.45, 7) is 0. The molecule has 0 amide bonds. The lowest BCUT2D eigenvalue weighted by Gasteiger charge is -2.04. The second kappa shape index (κ2) is 6.55. The molecular formula is C17H14O3. The van der Waals surface area contributed by atoms with Crippen LogP contribution in [-0.2, 0) is 4.74 Å².